The molecule has 1 aliphatic carbocycles. The summed E-state index contributed by atoms with van der Waals surface area (Å²) in [6, 6.07) is 0. The van der Waals surface area contributed by atoms with Gasteiger partial charge in [0, 0.05) is 0 Å². The maximum Gasteiger partial charge on any atom is 0.187 e. The molecule has 0 spiro atoms. The Labute approximate surface area is 472 Å². The highest BCUT2D eigenvalue weighted by molar-refractivity contribution is 5.01. The van der Waals surface area contributed by atoms with Gasteiger partial charge < -0.3 is 174 Å². The third kappa shape index (κ3) is 14.4. The van der Waals surface area contributed by atoms with Crippen molar-refractivity contribution in [3.8, 4) is 12.8 Å². The first-order valence-electron chi connectivity index (χ1n) is 27.0. The minimum Gasteiger partial charge on any atom is -0.394 e. The Hall–Kier alpha value is -1.84. The molecule has 482 valence electrons. The third-order valence-electron chi connectivity index (χ3n) is 15.8. The van der Waals surface area contributed by atoms with Gasteiger partial charge in [-0.15, -0.1) is 12.8 Å². The van der Waals surface area contributed by atoms with Crippen molar-refractivity contribution >= 4 is 0 Å². The first-order chi connectivity index (χ1) is 39.7. The van der Waals surface area contributed by atoms with Crippen molar-refractivity contribution in [3.63, 3.8) is 0 Å². The zero-order chi connectivity index (χ0) is 60.9. The van der Waals surface area contributed by atoms with Crippen LogP contribution in [0.3, 0.4) is 0 Å². The predicted molar refractivity (Wildman–Crippen MR) is 257 cm³/mol. The number of aliphatic hydroxyl groups excluding tert-OH is 21. The average Bonchev–Trinajstić information content (AvgIpc) is 3.50. The van der Waals surface area contributed by atoms with E-state index in [0.717, 1.165) is 0 Å². The van der Waals surface area contributed by atoms with Crippen LogP contribution in [-0.2, 0) is 66.3 Å². The van der Waals surface area contributed by atoms with E-state index in [-0.39, 0.29) is 0 Å². The summed E-state index contributed by atoms with van der Waals surface area (Å²) in [5, 5.41) is 230. The van der Waals surface area contributed by atoms with E-state index >= 15 is 0 Å². The van der Waals surface area contributed by atoms with Gasteiger partial charge in [-0.25, -0.2) is 0 Å². The molecule has 0 amide bonds. The molecular formula is C48H80O35. The molecule has 1 saturated carbocycles. The Morgan fingerprint density at radius 1 is 0.193 bits per heavy atom. The number of rotatable bonds is 7. The normalized spacial score (nSPS) is 52.5. The lowest BCUT2D eigenvalue weighted by atomic mass is 9.95. The maximum atomic E-state index is 11.3. The van der Waals surface area contributed by atoms with Gasteiger partial charge >= 0.3 is 0 Å². The van der Waals surface area contributed by atoms with Crippen LogP contribution in [0.15, 0.2) is 0 Å². The zero-order valence-corrected chi connectivity index (χ0v) is 44.2. The van der Waals surface area contributed by atoms with Crippen LogP contribution < -0.4 is 0 Å². The van der Waals surface area contributed by atoms with Crippen molar-refractivity contribution in [1.29, 1.82) is 0 Å². The maximum absolute atomic E-state index is 11.3. The second kappa shape index (κ2) is 30.6. The fraction of sp³-hybridized carbons (Fsp3) is 0.958. The van der Waals surface area contributed by atoms with Crippen LogP contribution in [-0.4, -0.2) is 368 Å². The van der Waals surface area contributed by atoms with Gasteiger partial charge in [-0.1, -0.05) is 25.7 Å². The first-order valence-corrected chi connectivity index (χ1v) is 27.0. The van der Waals surface area contributed by atoms with Gasteiger partial charge in [0.1, 0.15) is 171 Å². The van der Waals surface area contributed by atoms with Crippen LogP contribution >= 0.6 is 0 Å². The average molecular weight is 1220 g/mol. The lowest BCUT2D eigenvalue weighted by Crippen LogP contribution is -2.68. The summed E-state index contributed by atoms with van der Waals surface area (Å²) in [5.41, 5.74) is 0. The number of hydrogen-bond donors (Lipinski definition) is 21. The molecule has 83 heavy (non-hydrogen) atoms. The van der Waals surface area contributed by atoms with Gasteiger partial charge in [-0.2, -0.15) is 0 Å². The van der Waals surface area contributed by atoms with Crippen molar-refractivity contribution in [2.45, 2.75) is 241 Å². The molecule has 14 bridgehead atoms. The molecule has 35 heteroatoms. The fourth-order valence-corrected chi connectivity index (χ4v) is 10.7. The van der Waals surface area contributed by atoms with Crippen LogP contribution in [0.4, 0.5) is 0 Å². The summed E-state index contributed by atoms with van der Waals surface area (Å²) < 4.78 is 79.5. The minimum atomic E-state index is -2.21. The molecule has 21 N–H and O–H groups in total. The molecule has 21 saturated heterocycles. The highest BCUT2D eigenvalue weighted by Gasteiger charge is 2.59. The van der Waals surface area contributed by atoms with Crippen molar-refractivity contribution in [2.75, 3.05) is 46.2 Å². The first kappa shape index (κ1) is 68.6. The fourth-order valence-electron chi connectivity index (χ4n) is 10.7. The summed E-state index contributed by atoms with van der Waals surface area (Å²) in [5.74, 6) is 0. The van der Waals surface area contributed by atoms with Crippen molar-refractivity contribution in [1.82, 2.24) is 0 Å². The van der Waals surface area contributed by atoms with E-state index < -0.39 is 261 Å². The van der Waals surface area contributed by atoms with E-state index in [1.165, 1.54) is 25.7 Å². The van der Waals surface area contributed by atoms with Crippen LogP contribution in [0.2, 0.25) is 0 Å². The van der Waals surface area contributed by atoms with Crippen LogP contribution in [0.5, 0.6) is 0 Å². The van der Waals surface area contributed by atoms with Crippen molar-refractivity contribution < 1.29 is 174 Å². The molecule has 0 aromatic heterocycles. The zero-order valence-electron chi connectivity index (χ0n) is 44.2. The standard InChI is InChI=1S/C42H70O35.C4H8.C2H2/c43-1-8-29-15(50)22(57)36(64-8)72-30-9(2-44)66-38(24(59)17(30)52)74-32-11(4-46)68-40(26(61)19(32)54)76-34-13(6-48)70-42(28(63)21(34)56)77-35-14(7-49)69-41(27(62)20(35)55)75-33-12(5-47)67-39(25(60)18(33)53)73-31-10(3-45)65-37(71-29)23(58)16(31)51;1-2-4-3-1;1-2/h8-63H,1-7H2;1-4H2;1-2H. The smallest absolute Gasteiger partial charge is 0.187 e. The molecule has 0 aromatic rings. The topological polar surface area (TPSA) is 554 Å². The number of aliphatic hydroxyl groups is 21. The summed E-state index contributed by atoms with van der Waals surface area (Å²) in [6.45, 7) is -7.33. The molecule has 21 heterocycles. The molecule has 22 aliphatic rings. The molecule has 0 radical (unpaired) electrons. The van der Waals surface area contributed by atoms with Gasteiger partial charge in [-0.05, 0) is 0 Å². The number of hydrogen-bond acceptors (Lipinski definition) is 35. The lowest BCUT2D eigenvalue weighted by molar-refractivity contribution is -0.396. The van der Waals surface area contributed by atoms with Crippen LogP contribution in [0.25, 0.3) is 0 Å². The summed E-state index contributed by atoms with van der Waals surface area (Å²) in [6.07, 6.45) is -56.2. The highest BCUT2D eigenvalue weighted by atomic mass is 16.8. The van der Waals surface area contributed by atoms with Gasteiger partial charge in [0.15, 0.2) is 44.0 Å². The third-order valence-corrected chi connectivity index (χ3v) is 15.8. The van der Waals surface area contributed by atoms with Gasteiger partial charge in [0.25, 0.3) is 0 Å². The molecule has 0 aromatic carbocycles. The molecular weight excluding hydrogens is 1140 g/mol. The van der Waals surface area contributed by atoms with Crippen molar-refractivity contribution in [2.24, 2.45) is 0 Å². The second-order valence-corrected chi connectivity index (χ2v) is 21.1. The molecule has 22 rings (SSSR count). The second-order valence-electron chi connectivity index (χ2n) is 21.1. The number of ether oxygens (including phenoxy) is 14. The van der Waals surface area contributed by atoms with E-state index in [4.69, 9.17) is 66.3 Å². The predicted octanol–water partition coefficient (Wildman–Crippen LogP) is -13.4. The van der Waals surface area contributed by atoms with E-state index in [0.29, 0.717) is 0 Å². The molecule has 35 nitrogen and oxygen atoms in total. The highest BCUT2D eigenvalue weighted by Crippen LogP contribution is 2.39. The summed E-state index contributed by atoms with van der Waals surface area (Å²) in [7, 11) is 0. The number of terminal acetylenes is 1. The Balaban J connectivity index is 0.00000156. The molecule has 21 aliphatic heterocycles. The molecule has 22 fully saturated rings. The SMILES string of the molecule is C#C.C1CCC1.OCC1OC2OC3C(CO)OC(OC4C(CO)OC(OC5C(CO)OC(OC6C(CO)OC(OC7C(CO)OC(OC8C(CO)OC(OC1C(O)C2O)C(O)C8O)C(O)C7O)C(O)C6O)C(O)C5O)C(O)C4O)C(O)C3O. The van der Waals surface area contributed by atoms with E-state index in [1.54, 1.807) is 0 Å². The molecule has 35 unspecified atom stereocenters. The largest absolute Gasteiger partial charge is 0.394 e. The van der Waals surface area contributed by atoms with Crippen LogP contribution in [0, 0.1) is 12.8 Å². The van der Waals surface area contributed by atoms with Gasteiger partial charge in [-0.3, -0.25) is 0 Å². The van der Waals surface area contributed by atoms with Crippen molar-refractivity contribution in [3.05, 3.63) is 0 Å². The summed E-state index contributed by atoms with van der Waals surface area (Å²) >= 11 is 0. The lowest BCUT2D eigenvalue weighted by Gasteiger charge is -2.50. The Morgan fingerprint density at radius 2 is 0.301 bits per heavy atom. The van der Waals surface area contributed by atoms with E-state index in [2.05, 4.69) is 12.8 Å². The van der Waals surface area contributed by atoms with Crippen LogP contribution in [0.1, 0.15) is 25.7 Å². The van der Waals surface area contributed by atoms with Gasteiger partial charge in [0.2, 0.25) is 0 Å². The summed E-state index contributed by atoms with van der Waals surface area (Å²) in [4.78, 5) is 0. The quantitative estimate of drug-likeness (QED) is 0.105. The van der Waals surface area contributed by atoms with Gasteiger partial charge in [0.05, 0.1) is 46.2 Å². The Morgan fingerprint density at radius 3 is 0.386 bits per heavy atom. The minimum absolute atomic E-state index is 1.05. The monoisotopic (exact) mass is 1220 g/mol. The molecule has 35 atom stereocenters. The Bertz CT molecular complexity index is 1580. The van der Waals surface area contributed by atoms with E-state index in [1.807, 2.05) is 0 Å². The Kier molecular flexibility index (Phi) is 25.3. The van der Waals surface area contributed by atoms with E-state index in [9.17, 15) is 107 Å².